The molecule has 0 fully saturated rings. The Bertz CT molecular complexity index is 646. The van der Waals surface area contributed by atoms with Gasteiger partial charge in [0, 0.05) is 18.2 Å². The standard InChI is InChI=1S/C14H17N3O3S2/c1-9-16-17-14(22-9)21-7-6-13(18)15-11-8-10(19-2)4-5-12(11)20-3/h4-5,8H,6-7H2,1-3H3,(H,15,18). The third kappa shape index (κ3) is 4.60. The van der Waals surface area contributed by atoms with E-state index in [1.807, 2.05) is 6.92 Å². The highest BCUT2D eigenvalue weighted by Crippen LogP contribution is 2.29. The van der Waals surface area contributed by atoms with Crippen LogP contribution in [-0.2, 0) is 4.79 Å². The van der Waals surface area contributed by atoms with Crippen LogP contribution < -0.4 is 14.8 Å². The number of aryl methyl sites for hydroxylation is 1. The molecule has 2 rings (SSSR count). The summed E-state index contributed by atoms with van der Waals surface area (Å²) in [6.45, 7) is 1.91. The summed E-state index contributed by atoms with van der Waals surface area (Å²) >= 11 is 3.05. The first-order chi connectivity index (χ1) is 10.6. The zero-order valence-corrected chi connectivity index (χ0v) is 14.2. The second kappa shape index (κ2) is 8.00. The van der Waals surface area contributed by atoms with Crippen molar-refractivity contribution in [2.75, 3.05) is 25.3 Å². The van der Waals surface area contributed by atoms with Gasteiger partial charge in [0.25, 0.3) is 0 Å². The summed E-state index contributed by atoms with van der Waals surface area (Å²) in [5, 5.41) is 11.7. The van der Waals surface area contributed by atoms with Crippen molar-refractivity contribution in [3.8, 4) is 11.5 Å². The molecule has 1 amide bonds. The summed E-state index contributed by atoms with van der Waals surface area (Å²) in [4.78, 5) is 12.0. The molecule has 22 heavy (non-hydrogen) atoms. The predicted octanol–water partition coefficient (Wildman–Crippen LogP) is 2.98. The molecule has 1 aromatic heterocycles. The van der Waals surface area contributed by atoms with Crippen LogP contribution in [0.15, 0.2) is 22.5 Å². The molecule has 118 valence electrons. The Kier molecular flexibility index (Phi) is 6.02. The minimum Gasteiger partial charge on any atom is -0.497 e. The van der Waals surface area contributed by atoms with Gasteiger partial charge in [-0.25, -0.2) is 0 Å². The number of rotatable bonds is 7. The molecule has 2 aromatic rings. The summed E-state index contributed by atoms with van der Waals surface area (Å²) < 4.78 is 11.3. The molecule has 1 N–H and O–H groups in total. The molecule has 6 nitrogen and oxygen atoms in total. The third-order valence-corrected chi connectivity index (χ3v) is 4.72. The Morgan fingerprint density at radius 2 is 2.14 bits per heavy atom. The number of benzene rings is 1. The number of carbonyl (C=O) groups is 1. The monoisotopic (exact) mass is 339 g/mol. The molecular weight excluding hydrogens is 322 g/mol. The summed E-state index contributed by atoms with van der Waals surface area (Å²) in [6, 6.07) is 5.27. The number of thioether (sulfide) groups is 1. The molecule has 0 saturated heterocycles. The van der Waals surface area contributed by atoms with E-state index in [0.717, 1.165) is 9.35 Å². The van der Waals surface area contributed by atoms with E-state index in [1.165, 1.54) is 23.1 Å². The zero-order valence-electron chi connectivity index (χ0n) is 12.6. The van der Waals surface area contributed by atoms with Gasteiger partial charge in [-0.1, -0.05) is 23.1 Å². The maximum atomic E-state index is 12.0. The van der Waals surface area contributed by atoms with Crippen molar-refractivity contribution < 1.29 is 14.3 Å². The Balaban J connectivity index is 1.88. The number of amides is 1. The number of methoxy groups -OCH3 is 2. The highest BCUT2D eigenvalue weighted by atomic mass is 32.2. The molecule has 0 aliphatic carbocycles. The lowest BCUT2D eigenvalue weighted by molar-refractivity contribution is -0.115. The van der Waals surface area contributed by atoms with Gasteiger partial charge in [0.1, 0.15) is 16.5 Å². The van der Waals surface area contributed by atoms with Gasteiger partial charge in [-0.3, -0.25) is 4.79 Å². The number of nitrogens with one attached hydrogen (secondary N) is 1. The van der Waals surface area contributed by atoms with Crippen LogP contribution in [-0.4, -0.2) is 36.1 Å². The van der Waals surface area contributed by atoms with Crippen LogP contribution in [0.1, 0.15) is 11.4 Å². The summed E-state index contributed by atoms with van der Waals surface area (Å²) in [5.41, 5.74) is 0.601. The second-order valence-electron chi connectivity index (χ2n) is 4.30. The molecule has 0 spiro atoms. The molecule has 1 aromatic carbocycles. The quantitative estimate of drug-likeness (QED) is 0.782. The summed E-state index contributed by atoms with van der Waals surface area (Å²) in [7, 11) is 3.14. The van der Waals surface area contributed by atoms with E-state index in [-0.39, 0.29) is 5.91 Å². The summed E-state index contributed by atoms with van der Waals surface area (Å²) in [5.74, 6) is 1.82. The zero-order chi connectivity index (χ0) is 15.9. The molecule has 1 heterocycles. The van der Waals surface area contributed by atoms with Crippen molar-refractivity contribution in [2.45, 2.75) is 17.7 Å². The minimum absolute atomic E-state index is 0.0831. The van der Waals surface area contributed by atoms with Crippen molar-refractivity contribution >= 4 is 34.7 Å². The molecule has 8 heteroatoms. The molecule has 0 aliphatic heterocycles. The van der Waals surface area contributed by atoms with E-state index < -0.39 is 0 Å². The largest absolute Gasteiger partial charge is 0.497 e. The number of hydrogen-bond donors (Lipinski definition) is 1. The van der Waals surface area contributed by atoms with Crippen molar-refractivity contribution in [1.82, 2.24) is 10.2 Å². The van der Waals surface area contributed by atoms with Crippen molar-refractivity contribution in [2.24, 2.45) is 0 Å². The smallest absolute Gasteiger partial charge is 0.225 e. The predicted molar refractivity (Wildman–Crippen MR) is 88.2 cm³/mol. The van der Waals surface area contributed by atoms with Crippen LogP contribution in [0.25, 0.3) is 0 Å². The molecule has 0 atom stereocenters. The molecule has 0 aliphatic rings. The number of nitrogens with zero attached hydrogens (tertiary/aromatic N) is 2. The molecule has 0 saturated carbocycles. The molecular formula is C14H17N3O3S2. The van der Waals surface area contributed by atoms with Gasteiger partial charge in [-0.15, -0.1) is 10.2 Å². The van der Waals surface area contributed by atoms with E-state index in [2.05, 4.69) is 15.5 Å². The van der Waals surface area contributed by atoms with E-state index >= 15 is 0 Å². The maximum absolute atomic E-state index is 12.0. The van der Waals surface area contributed by atoms with Crippen LogP contribution in [0.3, 0.4) is 0 Å². The average molecular weight is 339 g/mol. The van der Waals surface area contributed by atoms with E-state index in [0.29, 0.717) is 29.4 Å². The fourth-order valence-electron chi connectivity index (χ4n) is 1.69. The number of hydrogen-bond acceptors (Lipinski definition) is 7. The SMILES string of the molecule is COc1ccc(OC)c(NC(=O)CCSc2nnc(C)s2)c1. The first kappa shape index (κ1) is 16.6. The van der Waals surface area contributed by atoms with Crippen LogP contribution in [0, 0.1) is 6.92 Å². The van der Waals surface area contributed by atoms with Crippen molar-refractivity contribution in [3.05, 3.63) is 23.2 Å². The topological polar surface area (TPSA) is 73.3 Å². The van der Waals surface area contributed by atoms with Crippen molar-refractivity contribution in [3.63, 3.8) is 0 Å². The number of ether oxygens (including phenoxy) is 2. The summed E-state index contributed by atoms with van der Waals surface area (Å²) in [6.07, 6.45) is 0.379. The van der Waals surface area contributed by atoms with Crippen LogP contribution in [0.4, 0.5) is 5.69 Å². The highest BCUT2D eigenvalue weighted by Gasteiger charge is 2.10. The maximum Gasteiger partial charge on any atom is 0.225 e. The number of anilines is 1. The number of carbonyl (C=O) groups excluding carboxylic acids is 1. The molecule has 0 bridgehead atoms. The Morgan fingerprint density at radius 1 is 1.32 bits per heavy atom. The van der Waals surface area contributed by atoms with Gasteiger partial charge in [0.05, 0.1) is 19.9 Å². The van der Waals surface area contributed by atoms with Crippen molar-refractivity contribution in [1.29, 1.82) is 0 Å². The molecule has 0 radical (unpaired) electrons. The normalized spacial score (nSPS) is 10.3. The van der Waals surface area contributed by atoms with E-state index in [9.17, 15) is 4.79 Å². The van der Waals surface area contributed by atoms with Gasteiger partial charge in [-0.2, -0.15) is 0 Å². The van der Waals surface area contributed by atoms with Crippen LogP contribution in [0.2, 0.25) is 0 Å². The van der Waals surface area contributed by atoms with E-state index in [1.54, 1.807) is 32.4 Å². The third-order valence-electron chi connectivity index (χ3n) is 2.74. The Morgan fingerprint density at radius 3 is 2.77 bits per heavy atom. The molecule has 0 unspecified atom stereocenters. The fraction of sp³-hybridized carbons (Fsp3) is 0.357. The first-order valence-corrected chi connectivity index (χ1v) is 8.37. The Labute approximate surface area is 137 Å². The highest BCUT2D eigenvalue weighted by molar-refractivity contribution is 8.01. The first-order valence-electron chi connectivity index (χ1n) is 6.57. The van der Waals surface area contributed by atoms with Gasteiger partial charge in [0.2, 0.25) is 5.91 Å². The lowest BCUT2D eigenvalue weighted by Gasteiger charge is -2.11. The van der Waals surface area contributed by atoms with Gasteiger partial charge >= 0.3 is 0 Å². The van der Waals surface area contributed by atoms with Gasteiger partial charge < -0.3 is 14.8 Å². The second-order valence-corrected chi connectivity index (χ2v) is 6.82. The number of aromatic nitrogens is 2. The lowest BCUT2D eigenvalue weighted by Crippen LogP contribution is -2.13. The van der Waals surface area contributed by atoms with Crippen LogP contribution in [0.5, 0.6) is 11.5 Å². The average Bonchev–Trinajstić information content (AvgIpc) is 2.92. The van der Waals surface area contributed by atoms with Crippen LogP contribution >= 0.6 is 23.1 Å². The van der Waals surface area contributed by atoms with Gasteiger partial charge in [0.15, 0.2) is 4.34 Å². The Hall–Kier alpha value is -1.80. The van der Waals surface area contributed by atoms with E-state index in [4.69, 9.17) is 9.47 Å². The lowest BCUT2D eigenvalue weighted by atomic mass is 10.2. The van der Waals surface area contributed by atoms with Gasteiger partial charge in [-0.05, 0) is 19.1 Å². The minimum atomic E-state index is -0.0831. The fourth-order valence-corrected chi connectivity index (χ4v) is 3.52.